The maximum atomic E-state index is 12.2. The SMILES string of the molecule is CCCCOCCC(CN)(CC(C)C)C(=O)OCC. The van der Waals surface area contributed by atoms with E-state index in [0.717, 1.165) is 25.9 Å². The van der Waals surface area contributed by atoms with Crippen molar-refractivity contribution in [2.45, 2.75) is 53.4 Å². The molecule has 0 bridgehead atoms. The van der Waals surface area contributed by atoms with Crippen molar-refractivity contribution in [3.05, 3.63) is 0 Å². The molecule has 0 amide bonds. The Morgan fingerprint density at radius 1 is 1.26 bits per heavy atom. The average molecular weight is 273 g/mol. The minimum atomic E-state index is -0.587. The number of rotatable bonds is 11. The molecule has 0 radical (unpaired) electrons. The van der Waals surface area contributed by atoms with Crippen LogP contribution in [0.5, 0.6) is 0 Å². The number of esters is 1. The number of hydrogen-bond donors (Lipinski definition) is 1. The fourth-order valence-electron chi connectivity index (χ4n) is 2.24. The van der Waals surface area contributed by atoms with Gasteiger partial charge in [0, 0.05) is 19.8 Å². The summed E-state index contributed by atoms with van der Waals surface area (Å²) < 4.78 is 10.8. The molecule has 19 heavy (non-hydrogen) atoms. The Labute approximate surface area is 118 Å². The second-order valence-electron chi connectivity index (χ2n) is 5.52. The largest absolute Gasteiger partial charge is 0.466 e. The number of ether oxygens (including phenoxy) is 2. The topological polar surface area (TPSA) is 61.5 Å². The van der Waals surface area contributed by atoms with Gasteiger partial charge in [-0.1, -0.05) is 27.2 Å². The lowest BCUT2D eigenvalue weighted by molar-refractivity contribution is -0.157. The van der Waals surface area contributed by atoms with Gasteiger partial charge in [-0.25, -0.2) is 0 Å². The number of hydrogen-bond acceptors (Lipinski definition) is 4. The summed E-state index contributed by atoms with van der Waals surface area (Å²) in [6.45, 7) is 10.2. The Balaban J connectivity index is 4.49. The monoisotopic (exact) mass is 273 g/mol. The van der Waals surface area contributed by atoms with Crippen LogP contribution in [0, 0.1) is 11.3 Å². The Morgan fingerprint density at radius 2 is 1.95 bits per heavy atom. The first kappa shape index (κ1) is 18.4. The molecule has 114 valence electrons. The molecule has 4 nitrogen and oxygen atoms in total. The molecule has 0 spiro atoms. The van der Waals surface area contributed by atoms with Crippen LogP contribution < -0.4 is 5.73 Å². The molecule has 0 aliphatic rings. The zero-order valence-electron chi connectivity index (χ0n) is 13.0. The summed E-state index contributed by atoms with van der Waals surface area (Å²) in [7, 11) is 0. The molecule has 0 saturated carbocycles. The maximum absolute atomic E-state index is 12.2. The van der Waals surface area contributed by atoms with Crippen LogP contribution in [0.15, 0.2) is 0 Å². The van der Waals surface area contributed by atoms with E-state index in [9.17, 15) is 4.79 Å². The summed E-state index contributed by atoms with van der Waals surface area (Å²) in [4.78, 5) is 12.2. The van der Waals surface area contributed by atoms with Crippen molar-refractivity contribution in [3.63, 3.8) is 0 Å². The van der Waals surface area contributed by atoms with Gasteiger partial charge < -0.3 is 15.2 Å². The summed E-state index contributed by atoms with van der Waals surface area (Å²) in [5.74, 6) is 0.230. The van der Waals surface area contributed by atoms with E-state index in [1.165, 1.54) is 0 Å². The fraction of sp³-hybridized carbons (Fsp3) is 0.933. The summed E-state index contributed by atoms with van der Waals surface area (Å²) in [6.07, 6.45) is 3.56. The minimum absolute atomic E-state index is 0.176. The highest BCUT2D eigenvalue weighted by molar-refractivity contribution is 5.77. The lowest BCUT2D eigenvalue weighted by Crippen LogP contribution is -2.42. The van der Waals surface area contributed by atoms with E-state index in [1.54, 1.807) is 0 Å². The Morgan fingerprint density at radius 3 is 2.42 bits per heavy atom. The van der Waals surface area contributed by atoms with Gasteiger partial charge in [0.1, 0.15) is 0 Å². The van der Waals surface area contributed by atoms with Crippen molar-refractivity contribution in [3.8, 4) is 0 Å². The number of carbonyl (C=O) groups is 1. The Bertz CT molecular complexity index is 244. The molecule has 0 aromatic rings. The van der Waals surface area contributed by atoms with Gasteiger partial charge in [-0.2, -0.15) is 0 Å². The second kappa shape index (κ2) is 10.2. The van der Waals surface area contributed by atoms with Crippen LogP contribution in [-0.4, -0.2) is 32.3 Å². The van der Waals surface area contributed by atoms with Crippen LogP contribution in [0.25, 0.3) is 0 Å². The van der Waals surface area contributed by atoms with Crippen molar-refractivity contribution < 1.29 is 14.3 Å². The van der Waals surface area contributed by atoms with Crippen molar-refractivity contribution in [2.75, 3.05) is 26.4 Å². The number of nitrogens with two attached hydrogens (primary N) is 1. The summed E-state index contributed by atoms with van der Waals surface area (Å²) in [5, 5.41) is 0. The molecule has 0 aromatic heterocycles. The number of unbranched alkanes of at least 4 members (excludes halogenated alkanes) is 1. The Hall–Kier alpha value is -0.610. The first-order chi connectivity index (χ1) is 9.02. The van der Waals surface area contributed by atoms with Crippen molar-refractivity contribution in [1.29, 1.82) is 0 Å². The quantitative estimate of drug-likeness (QED) is 0.464. The zero-order chi connectivity index (χ0) is 14.7. The molecular formula is C15H31NO3. The van der Waals surface area contributed by atoms with Crippen molar-refractivity contribution >= 4 is 5.97 Å². The van der Waals surface area contributed by atoms with Gasteiger partial charge in [-0.15, -0.1) is 0 Å². The van der Waals surface area contributed by atoms with E-state index in [2.05, 4.69) is 20.8 Å². The molecule has 0 rings (SSSR count). The van der Waals surface area contributed by atoms with Gasteiger partial charge in [0.05, 0.1) is 12.0 Å². The number of carbonyl (C=O) groups excluding carboxylic acids is 1. The molecule has 0 saturated heterocycles. The van der Waals surface area contributed by atoms with Crippen LogP contribution in [0.4, 0.5) is 0 Å². The Kier molecular flexibility index (Phi) is 9.88. The average Bonchev–Trinajstić information content (AvgIpc) is 2.36. The molecule has 1 unspecified atom stereocenters. The summed E-state index contributed by atoms with van der Waals surface area (Å²) >= 11 is 0. The predicted octanol–water partition coefficient (Wildman–Crippen LogP) is 2.75. The molecule has 4 heteroatoms. The standard InChI is InChI=1S/C15H31NO3/c1-5-7-9-18-10-8-15(12-16,11-13(3)4)14(17)19-6-2/h13H,5-12,16H2,1-4H3. The first-order valence-electron chi connectivity index (χ1n) is 7.47. The summed E-state index contributed by atoms with van der Waals surface area (Å²) in [5.41, 5.74) is 5.28. The smallest absolute Gasteiger partial charge is 0.313 e. The van der Waals surface area contributed by atoms with Gasteiger partial charge in [-0.3, -0.25) is 4.79 Å². The van der Waals surface area contributed by atoms with Crippen LogP contribution in [0.1, 0.15) is 53.4 Å². The van der Waals surface area contributed by atoms with Crippen LogP contribution >= 0.6 is 0 Å². The van der Waals surface area contributed by atoms with E-state index in [-0.39, 0.29) is 5.97 Å². The normalized spacial score (nSPS) is 14.4. The molecule has 1 atom stereocenters. The highest BCUT2D eigenvalue weighted by Gasteiger charge is 2.38. The third-order valence-corrected chi connectivity index (χ3v) is 3.27. The van der Waals surface area contributed by atoms with Gasteiger partial charge in [-0.05, 0) is 32.1 Å². The first-order valence-corrected chi connectivity index (χ1v) is 7.47. The zero-order valence-corrected chi connectivity index (χ0v) is 13.0. The van der Waals surface area contributed by atoms with Gasteiger partial charge >= 0.3 is 5.97 Å². The molecule has 0 fully saturated rings. The minimum Gasteiger partial charge on any atom is -0.466 e. The lowest BCUT2D eigenvalue weighted by atomic mass is 9.77. The second-order valence-corrected chi connectivity index (χ2v) is 5.52. The molecule has 0 aromatic carbocycles. The highest BCUT2D eigenvalue weighted by atomic mass is 16.5. The third-order valence-electron chi connectivity index (χ3n) is 3.27. The maximum Gasteiger partial charge on any atom is 0.313 e. The van der Waals surface area contributed by atoms with Gasteiger partial charge in [0.15, 0.2) is 0 Å². The van der Waals surface area contributed by atoms with Crippen molar-refractivity contribution in [1.82, 2.24) is 0 Å². The highest BCUT2D eigenvalue weighted by Crippen LogP contribution is 2.31. The van der Waals surface area contributed by atoms with Crippen LogP contribution in [0.3, 0.4) is 0 Å². The van der Waals surface area contributed by atoms with Gasteiger partial charge in [0.2, 0.25) is 0 Å². The van der Waals surface area contributed by atoms with E-state index in [1.807, 2.05) is 6.92 Å². The molecular weight excluding hydrogens is 242 g/mol. The molecule has 0 aliphatic carbocycles. The predicted molar refractivity (Wildman–Crippen MR) is 77.9 cm³/mol. The lowest BCUT2D eigenvalue weighted by Gasteiger charge is -2.31. The third kappa shape index (κ3) is 6.92. The van der Waals surface area contributed by atoms with Crippen LogP contribution in [0.2, 0.25) is 0 Å². The molecule has 0 heterocycles. The van der Waals surface area contributed by atoms with E-state index in [0.29, 0.717) is 32.1 Å². The van der Waals surface area contributed by atoms with Gasteiger partial charge in [0.25, 0.3) is 0 Å². The summed E-state index contributed by atoms with van der Waals surface area (Å²) in [6, 6.07) is 0. The fourth-order valence-corrected chi connectivity index (χ4v) is 2.24. The van der Waals surface area contributed by atoms with E-state index in [4.69, 9.17) is 15.2 Å². The van der Waals surface area contributed by atoms with Crippen molar-refractivity contribution in [2.24, 2.45) is 17.1 Å². The molecule has 0 aliphatic heterocycles. The van der Waals surface area contributed by atoms with Crippen LogP contribution in [-0.2, 0) is 14.3 Å². The van der Waals surface area contributed by atoms with E-state index < -0.39 is 5.41 Å². The van der Waals surface area contributed by atoms with E-state index >= 15 is 0 Å². The molecule has 2 N–H and O–H groups in total.